The molecule has 1 fully saturated rings. The maximum atomic E-state index is 11.4. The normalized spacial score (nSPS) is 27.0. The van der Waals surface area contributed by atoms with E-state index in [0.717, 1.165) is 6.42 Å². The highest BCUT2D eigenvalue weighted by Gasteiger charge is 2.10. The first-order chi connectivity index (χ1) is 7.29. The van der Waals surface area contributed by atoms with E-state index in [1.165, 1.54) is 44.9 Å². The van der Waals surface area contributed by atoms with Crippen LogP contribution in [0.2, 0.25) is 0 Å². The van der Waals surface area contributed by atoms with Crippen LogP contribution >= 0.6 is 0 Å². The van der Waals surface area contributed by atoms with Crippen molar-refractivity contribution in [2.24, 2.45) is 5.92 Å². The molecule has 1 rings (SSSR count). The largest absolute Gasteiger partial charge is 0.466 e. The molecule has 15 heavy (non-hydrogen) atoms. The van der Waals surface area contributed by atoms with Crippen LogP contribution in [0.1, 0.15) is 64.7 Å². The van der Waals surface area contributed by atoms with Gasteiger partial charge in [0.15, 0.2) is 0 Å². The molecule has 1 aliphatic heterocycles. The second-order valence-corrected chi connectivity index (χ2v) is 4.79. The molecule has 1 saturated heterocycles. The number of hydrogen-bond acceptors (Lipinski definition) is 2. The van der Waals surface area contributed by atoms with E-state index in [-0.39, 0.29) is 5.97 Å². The van der Waals surface area contributed by atoms with Gasteiger partial charge >= 0.3 is 5.97 Å². The van der Waals surface area contributed by atoms with Gasteiger partial charge in [-0.05, 0) is 12.3 Å². The zero-order valence-electron chi connectivity index (χ0n) is 9.96. The van der Waals surface area contributed by atoms with E-state index in [2.05, 4.69) is 6.92 Å². The van der Waals surface area contributed by atoms with Crippen LogP contribution < -0.4 is 0 Å². The maximum Gasteiger partial charge on any atom is 0.306 e. The first-order valence-electron chi connectivity index (χ1n) is 6.44. The Labute approximate surface area is 93.4 Å². The van der Waals surface area contributed by atoms with E-state index in [9.17, 15) is 4.79 Å². The van der Waals surface area contributed by atoms with E-state index in [1.807, 2.05) is 0 Å². The highest BCUT2D eigenvalue weighted by molar-refractivity contribution is 5.69. The fourth-order valence-corrected chi connectivity index (χ4v) is 2.11. The van der Waals surface area contributed by atoms with Crippen LogP contribution in [0.3, 0.4) is 0 Å². The molecule has 0 bridgehead atoms. The molecule has 1 atom stereocenters. The second kappa shape index (κ2) is 7.72. The van der Waals surface area contributed by atoms with Crippen LogP contribution in [0.15, 0.2) is 0 Å². The monoisotopic (exact) mass is 212 g/mol. The fourth-order valence-electron chi connectivity index (χ4n) is 2.11. The van der Waals surface area contributed by atoms with Gasteiger partial charge in [0.2, 0.25) is 0 Å². The highest BCUT2D eigenvalue weighted by Crippen LogP contribution is 2.16. The van der Waals surface area contributed by atoms with Crippen molar-refractivity contribution in [2.75, 3.05) is 6.61 Å². The lowest BCUT2D eigenvalue weighted by Gasteiger charge is -2.10. The first kappa shape index (κ1) is 12.5. The standard InChI is InChI=1S/C13H24O2/c1-12-9-7-5-3-2-4-6-8-10-15-13(14)11-12/h12H,2-11H2,1H3. The van der Waals surface area contributed by atoms with Gasteiger partial charge in [0.1, 0.15) is 0 Å². The molecular weight excluding hydrogens is 188 g/mol. The minimum atomic E-state index is 0.00162. The van der Waals surface area contributed by atoms with Gasteiger partial charge in [0, 0.05) is 6.42 Å². The molecule has 0 amide bonds. The predicted octanol–water partition coefficient (Wildman–Crippen LogP) is 3.69. The minimum Gasteiger partial charge on any atom is -0.466 e. The van der Waals surface area contributed by atoms with E-state index < -0.39 is 0 Å². The highest BCUT2D eigenvalue weighted by atomic mass is 16.5. The van der Waals surface area contributed by atoms with E-state index >= 15 is 0 Å². The zero-order valence-corrected chi connectivity index (χ0v) is 9.96. The molecule has 0 aromatic heterocycles. The summed E-state index contributed by atoms with van der Waals surface area (Å²) in [5, 5.41) is 0. The molecule has 0 spiro atoms. The van der Waals surface area contributed by atoms with Gasteiger partial charge in [-0.2, -0.15) is 0 Å². The van der Waals surface area contributed by atoms with Gasteiger partial charge in [-0.3, -0.25) is 4.79 Å². The summed E-state index contributed by atoms with van der Waals surface area (Å²) in [6, 6.07) is 0. The van der Waals surface area contributed by atoms with Crippen LogP contribution in [0.5, 0.6) is 0 Å². The maximum absolute atomic E-state index is 11.4. The van der Waals surface area contributed by atoms with Crippen molar-refractivity contribution in [3.05, 3.63) is 0 Å². The SMILES string of the molecule is CC1CCCCCCCCCOC(=O)C1. The third kappa shape index (κ3) is 6.53. The molecule has 0 aromatic carbocycles. The number of hydrogen-bond donors (Lipinski definition) is 0. The summed E-state index contributed by atoms with van der Waals surface area (Å²) in [6.07, 6.45) is 10.7. The Morgan fingerprint density at radius 2 is 1.60 bits per heavy atom. The average Bonchev–Trinajstić information content (AvgIpc) is 2.21. The third-order valence-corrected chi connectivity index (χ3v) is 3.12. The Morgan fingerprint density at radius 3 is 2.33 bits per heavy atom. The van der Waals surface area contributed by atoms with E-state index in [4.69, 9.17) is 4.74 Å². The number of esters is 1. The quantitative estimate of drug-likeness (QED) is 0.572. The van der Waals surface area contributed by atoms with Crippen molar-refractivity contribution in [3.8, 4) is 0 Å². The fraction of sp³-hybridized carbons (Fsp3) is 0.923. The number of ether oxygens (including phenoxy) is 1. The molecule has 2 nitrogen and oxygen atoms in total. The molecule has 1 aliphatic rings. The first-order valence-corrected chi connectivity index (χ1v) is 6.44. The predicted molar refractivity (Wildman–Crippen MR) is 61.7 cm³/mol. The second-order valence-electron chi connectivity index (χ2n) is 4.79. The van der Waals surface area contributed by atoms with Crippen molar-refractivity contribution < 1.29 is 9.53 Å². The summed E-state index contributed by atoms with van der Waals surface area (Å²) >= 11 is 0. The molecule has 1 unspecified atom stereocenters. The van der Waals surface area contributed by atoms with Crippen LogP contribution in [-0.4, -0.2) is 12.6 Å². The molecule has 0 aromatic rings. The molecule has 0 saturated carbocycles. The van der Waals surface area contributed by atoms with Crippen molar-refractivity contribution in [3.63, 3.8) is 0 Å². The molecule has 88 valence electrons. The average molecular weight is 212 g/mol. The summed E-state index contributed by atoms with van der Waals surface area (Å²) < 4.78 is 5.19. The Hall–Kier alpha value is -0.530. The van der Waals surface area contributed by atoms with Gasteiger partial charge in [-0.15, -0.1) is 0 Å². The Kier molecular flexibility index (Phi) is 6.45. The van der Waals surface area contributed by atoms with Gasteiger partial charge in [-0.1, -0.05) is 51.9 Å². The van der Waals surface area contributed by atoms with Gasteiger partial charge < -0.3 is 4.74 Å². The molecule has 0 N–H and O–H groups in total. The van der Waals surface area contributed by atoms with Gasteiger partial charge in [-0.25, -0.2) is 0 Å². The molecule has 2 heteroatoms. The lowest BCUT2D eigenvalue weighted by atomic mass is 9.99. The Morgan fingerprint density at radius 1 is 1.00 bits per heavy atom. The lowest BCUT2D eigenvalue weighted by molar-refractivity contribution is -0.144. The molecular formula is C13H24O2. The van der Waals surface area contributed by atoms with Crippen LogP contribution in [-0.2, 0) is 9.53 Å². The summed E-state index contributed by atoms with van der Waals surface area (Å²) in [7, 11) is 0. The van der Waals surface area contributed by atoms with Gasteiger partial charge in [0.25, 0.3) is 0 Å². The lowest BCUT2D eigenvalue weighted by Crippen LogP contribution is -2.10. The minimum absolute atomic E-state index is 0.00162. The summed E-state index contributed by atoms with van der Waals surface area (Å²) in [6.45, 7) is 2.78. The Balaban J connectivity index is 2.26. The Bertz CT molecular complexity index is 177. The van der Waals surface area contributed by atoms with Crippen molar-refractivity contribution in [2.45, 2.75) is 64.7 Å². The van der Waals surface area contributed by atoms with Crippen molar-refractivity contribution >= 4 is 5.97 Å². The van der Waals surface area contributed by atoms with Gasteiger partial charge in [0.05, 0.1) is 6.61 Å². The van der Waals surface area contributed by atoms with E-state index in [0.29, 0.717) is 18.9 Å². The number of carbonyl (C=O) groups excluding carboxylic acids is 1. The van der Waals surface area contributed by atoms with Crippen LogP contribution in [0, 0.1) is 5.92 Å². The summed E-state index contributed by atoms with van der Waals surface area (Å²) in [4.78, 5) is 11.4. The van der Waals surface area contributed by atoms with Crippen molar-refractivity contribution in [1.29, 1.82) is 0 Å². The zero-order chi connectivity index (χ0) is 10.9. The van der Waals surface area contributed by atoms with Crippen LogP contribution in [0.4, 0.5) is 0 Å². The van der Waals surface area contributed by atoms with Crippen LogP contribution in [0.25, 0.3) is 0 Å². The van der Waals surface area contributed by atoms with Crippen molar-refractivity contribution in [1.82, 2.24) is 0 Å². The molecule has 1 heterocycles. The molecule has 0 radical (unpaired) electrons. The topological polar surface area (TPSA) is 26.3 Å². The molecule has 0 aliphatic carbocycles. The number of cyclic esters (lactones) is 1. The third-order valence-electron chi connectivity index (χ3n) is 3.12. The van der Waals surface area contributed by atoms with E-state index in [1.54, 1.807) is 0 Å². The number of carbonyl (C=O) groups is 1. The summed E-state index contributed by atoms with van der Waals surface area (Å²) in [5.74, 6) is 0.500. The smallest absolute Gasteiger partial charge is 0.306 e. The number of rotatable bonds is 0. The summed E-state index contributed by atoms with van der Waals surface area (Å²) in [5.41, 5.74) is 0.